The Morgan fingerprint density at radius 2 is 1.86 bits per heavy atom. The monoisotopic (exact) mass is 396 g/mol. The van der Waals surface area contributed by atoms with E-state index in [9.17, 15) is 4.79 Å². The van der Waals surface area contributed by atoms with Gasteiger partial charge in [0.25, 0.3) is 0 Å². The highest BCUT2D eigenvalue weighted by atomic mass is 16.1. The number of allylic oxidation sites excluding steroid dienone is 4. The van der Waals surface area contributed by atoms with E-state index in [4.69, 9.17) is 0 Å². The topological polar surface area (TPSA) is 17.1 Å². The number of hydrogen-bond acceptors (Lipinski definition) is 1. The molecule has 0 bridgehead atoms. The first-order chi connectivity index (χ1) is 13.8. The molecule has 2 fully saturated rings. The minimum absolute atomic E-state index is 0.263. The molecule has 0 aromatic rings. The third-order valence-corrected chi connectivity index (χ3v) is 10.2. The third-order valence-electron chi connectivity index (χ3n) is 10.2. The van der Waals surface area contributed by atoms with Crippen LogP contribution in [0.3, 0.4) is 0 Å². The molecule has 0 aromatic carbocycles. The van der Waals surface area contributed by atoms with E-state index in [1.807, 2.05) is 11.6 Å². The molecule has 0 N–H and O–H groups in total. The second-order valence-corrected chi connectivity index (χ2v) is 11.7. The maximum Gasteiger partial charge on any atom is 0.155 e. The van der Waals surface area contributed by atoms with E-state index in [1.165, 1.54) is 56.9 Å². The van der Waals surface area contributed by atoms with Gasteiger partial charge in [-0.3, -0.25) is 4.79 Å². The summed E-state index contributed by atoms with van der Waals surface area (Å²) in [6.07, 6.45) is 18.6. The molecule has 3 unspecified atom stereocenters. The van der Waals surface area contributed by atoms with Crippen LogP contribution in [0.4, 0.5) is 0 Å². The van der Waals surface area contributed by atoms with Crippen LogP contribution in [-0.2, 0) is 4.79 Å². The number of rotatable bonds is 6. The van der Waals surface area contributed by atoms with Gasteiger partial charge in [0.05, 0.1) is 0 Å². The molecule has 1 nitrogen and oxygen atoms in total. The van der Waals surface area contributed by atoms with Crippen molar-refractivity contribution >= 4 is 5.78 Å². The lowest BCUT2D eigenvalue weighted by Crippen LogP contribution is -2.46. The summed E-state index contributed by atoms with van der Waals surface area (Å²) in [5.74, 6) is 4.54. The van der Waals surface area contributed by atoms with E-state index in [-0.39, 0.29) is 5.41 Å². The molecule has 29 heavy (non-hydrogen) atoms. The molecule has 7 atom stereocenters. The molecule has 4 aliphatic carbocycles. The summed E-state index contributed by atoms with van der Waals surface area (Å²) in [6.45, 7) is 12.4. The number of fused-ring (bicyclic) bond motifs is 5. The highest BCUT2D eigenvalue weighted by Crippen LogP contribution is 2.66. The molecule has 0 heterocycles. The van der Waals surface area contributed by atoms with Gasteiger partial charge in [0.15, 0.2) is 5.78 Å². The third kappa shape index (κ3) is 3.59. The lowest BCUT2D eigenvalue weighted by molar-refractivity contribution is -0.116. The fraction of sp³-hybridized carbons (Fsp3) is 0.821. The Labute approximate surface area is 179 Å². The van der Waals surface area contributed by atoms with Crippen LogP contribution in [0, 0.1) is 40.4 Å². The van der Waals surface area contributed by atoms with Crippen molar-refractivity contribution in [1.29, 1.82) is 0 Å². The van der Waals surface area contributed by atoms with Gasteiger partial charge in [-0.2, -0.15) is 0 Å². The van der Waals surface area contributed by atoms with E-state index in [2.05, 4.69) is 40.7 Å². The lowest BCUT2D eigenvalue weighted by atomic mass is 9.50. The van der Waals surface area contributed by atoms with Crippen LogP contribution in [0.15, 0.2) is 23.3 Å². The molecule has 0 aliphatic heterocycles. The molecule has 2 saturated carbocycles. The number of ketones is 1. The SMILES string of the molecule is CC[C@H](C)CCCC(C)[C@H]1CCC2C3=CCC4=CC(=O)CC[C@]4(C)C3CC[C@@]21C. The van der Waals surface area contributed by atoms with E-state index >= 15 is 0 Å². The van der Waals surface area contributed by atoms with Gasteiger partial charge < -0.3 is 0 Å². The molecule has 4 aliphatic rings. The molecule has 0 aromatic heterocycles. The molecule has 162 valence electrons. The Morgan fingerprint density at radius 1 is 1.07 bits per heavy atom. The summed E-state index contributed by atoms with van der Waals surface area (Å²) in [5, 5.41) is 0. The zero-order chi connectivity index (χ0) is 20.8. The van der Waals surface area contributed by atoms with E-state index < -0.39 is 0 Å². The van der Waals surface area contributed by atoms with Crippen molar-refractivity contribution < 1.29 is 4.79 Å². The minimum atomic E-state index is 0.263. The average molecular weight is 397 g/mol. The Morgan fingerprint density at radius 3 is 2.62 bits per heavy atom. The van der Waals surface area contributed by atoms with Gasteiger partial charge >= 0.3 is 0 Å². The van der Waals surface area contributed by atoms with Crippen LogP contribution in [0.2, 0.25) is 0 Å². The predicted octanol–water partition coefficient (Wildman–Crippen LogP) is 7.91. The fourth-order valence-electron chi connectivity index (χ4n) is 8.03. The van der Waals surface area contributed by atoms with E-state index in [0.717, 1.165) is 42.9 Å². The Balaban J connectivity index is 1.50. The second kappa shape index (κ2) is 8.01. The maximum atomic E-state index is 12.0. The zero-order valence-electron chi connectivity index (χ0n) is 19.7. The van der Waals surface area contributed by atoms with Gasteiger partial charge in [-0.15, -0.1) is 0 Å². The summed E-state index contributed by atoms with van der Waals surface area (Å²) in [4.78, 5) is 12.0. The summed E-state index contributed by atoms with van der Waals surface area (Å²) in [6, 6.07) is 0. The number of hydrogen-bond donors (Lipinski definition) is 0. The number of carbonyl (C=O) groups is 1. The van der Waals surface area contributed by atoms with Crippen LogP contribution >= 0.6 is 0 Å². The summed E-state index contributed by atoms with van der Waals surface area (Å²) < 4.78 is 0. The first kappa shape index (κ1) is 21.4. The second-order valence-electron chi connectivity index (χ2n) is 11.7. The van der Waals surface area contributed by atoms with Crippen molar-refractivity contribution in [2.24, 2.45) is 40.4 Å². The van der Waals surface area contributed by atoms with Gasteiger partial charge in [0, 0.05) is 6.42 Å². The standard InChI is InChI=1S/C28H44O/c1-6-19(2)8-7-9-20(3)24-12-13-25-23-11-10-21-18-22(29)14-16-27(21,4)26(23)15-17-28(24,25)5/h11,18-20,24-26H,6-10,12-17H2,1-5H3/t19-,20?,24+,25?,26?,27-,28+/m0/s1. The quantitative estimate of drug-likeness (QED) is 0.417. The van der Waals surface area contributed by atoms with Crippen LogP contribution in [0.25, 0.3) is 0 Å². The molecular formula is C28H44O. The van der Waals surface area contributed by atoms with Gasteiger partial charge in [0.1, 0.15) is 0 Å². The van der Waals surface area contributed by atoms with Crippen LogP contribution < -0.4 is 0 Å². The molecule has 0 radical (unpaired) electrons. The van der Waals surface area contributed by atoms with E-state index in [1.54, 1.807) is 0 Å². The first-order valence-electron chi connectivity index (χ1n) is 12.7. The normalized spacial score (nSPS) is 41.0. The summed E-state index contributed by atoms with van der Waals surface area (Å²) >= 11 is 0. The smallest absolute Gasteiger partial charge is 0.155 e. The molecular weight excluding hydrogens is 352 g/mol. The molecule has 4 rings (SSSR count). The van der Waals surface area contributed by atoms with Crippen molar-refractivity contribution in [3.05, 3.63) is 23.3 Å². The Hall–Kier alpha value is -0.850. The average Bonchev–Trinajstić information content (AvgIpc) is 3.05. The van der Waals surface area contributed by atoms with Gasteiger partial charge in [-0.05, 0) is 85.0 Å². The maximum absolute atomic E-state index is 12.0. The van der Waals surface area contributed by atoms with Gasteiger partial charge in [-0.1, -0.05) is 77.5 Å². The van der Waals surface area contributed by atoms with Gasteiger partial charge in [0.2, 0.25) is 0 Å². The Kier molecular flexibility index (Phi) is 5.91. The van der Waals surface area contributed by atoms with Crippen molar-refractivity contribution in [2.75, 3.05) is 0 Å². The zero-order valence-corrected chi connectivity index (χ0v) is 19.7. The number of carbonyl (C=O) groups excluding carboxylic acids is 1. The molecule has 0 spiro atoms. The van der Waals surface area contributed by atoms with E-state index in [0.29, 0.717) is 17.1 Å². The van der Waals surface area contributed by atoms with Gasteiger partial charge in [-0.25, -0.2) is 0 Å². The first-order valence-corrected chi connectivity index (χ1v) is 12.7. The Bertz CT molecular complexity index is 699. The summed E-state index contributed by atoms with van der Waals surface area (Å²) in [7, 11) is 0. The molecule has 1 heteroatoms. The predicted molar refractivity (Wildman–Crippen MR) is 123 cm³/mol. The molecule has 0 saturated heterocycles. The van der Waals surface area contributed by atoms with Crippen molar-refractivity contribution in [3.63, 3.8) is 0 Å². The minimum Gasteiger partial charge on any atom is -0.295 e. The van der Waals surface area contributed by atoms with Crippen LogP contribution in [-0.4, -0.2) is 5.78 Å². The molecule has 0 amide bonds. The fourth-order valence-corrected chi connectivity index (χ4v) is 8.03. The van der Waals surface area contributed by atoms with Crippen molar-refractivity contribution in [1.82, 2.24) is 0 Å². The lowest BCUT2D eigenvalue weighted by Gasteiger charge is -2.55. The van der Waals surface area contributed by atoms with Crippen molar-refractivity contribution in [3.8, 4) is 0 Å². The highest BCUT2D eigenvalue weighted by molar-refractivity contribution is 5.91. The van der Waals surface area contributed by atoms with Crippen molar-refractivity contribution in [2.45, 2.75) is 105 Å². The highest BCUT2D eigenvalue weighted by Gasteiger charge is 2.56. The van der Waals surface area contributed by atoms with Crippen LogP contribution in [0.5, 0.6) is 0 Å². The summed E-state index contributed by atoms with van der Waals surface area (Å²) in [5.41, 5.74) is 4.03. The largest absolute Gasteiger partial charge is 0.295 e. The van der Waals surface area contributed by atoms with Crippen LogP contribution in [0.1, 0.15) is 105 Å².